The van der Waals surface area contributed by atoms with Crippen LogP contribution in [0.4, 0.5) is 5.69 Å². The van der Waals surface area contributed by atoms with E-state index in [9.17, 15) is 4.79 Å². The Morgan fingerprint density at radius 1 is 1.12 bits per heavy atom. The Hall–Kier alpha value is -3.02. The number of imidazole rings is 1. The first-order valence-corrected chi connectivity index (χ1v) is 8.45. The van der Waals surface area contributed by atoms with Gasteiger partial charge in [-0.25, -0.2) is 15.0 Å². The number of carbonyl (C=O) groups is 1. The maximum atomic E-state index is 12.3. The molecule has 0 unspecified atom stereocenters. The Balaban J connectivity index is 1.52. The van der Waals surface area contributed by atoms with Gasteiger partial charge in [0.25, 0.3) is 5.91 Å². The first-order chi connectivity index (χ1) is 12.2. The van der Waals surface area contributed by atoms with E-state index in [1.165, 1.54) is 24.9 Å². The highest BCUT2D eigenvalue weighted by atomic mass is 16.1. The molecule has 0 atom stereocenters. The van der Waals surface area contributed by atoms with E-state index in [1.807, 2.05) is 37.4 Å². The van der Waals surface area contributed by atoms with Gasteiger partial charge in [-0.15, -0.1) is 0 Å². The van der Waals surface area contributed by atoms with E-state index in [2.05, 4.69) is 24.8 Å². The second kappa shape index (κ2) is 6.47. The fraction of sp³-hybridized carbons (Fsp3) is 0.263. The number of rotatable bonds is 3. The molecule has 0 radical (unpaired) electrons. The molecule has 1 N–H and O–H groups in total. The third-order valence-electron chi connectivity index (χ3n) is 4.44. The SMILES string of the molecule is Cc1cc(C(=O)Nc2ccc(-c3ncc4n3CCCC4)cc2)ncn1. The lowest BCUT2D eigenvalue weighted by atomic mass is 10.1. The van der Waals surface area contributed by atoms with Crippen molar-refractivity contribution in [2.24, 2.45) is 0 Å². The quantitative estimate of drug-likeness (QED) is 0.798. The van der Waals surface area contributed by atoms with Gasteiger partial charge in [0.05, 0.1) is 0 Å². The summed E-state index contributed by atoms with van der Waals surface area (Å²) in [6.45, 7) is 2.86. The predicted molar refractivity (Wildman–Crippen MR) is 95.3 cm³/mol. The lowest BCUT2D eigenvalue weighted by Crippen LogP contribution is -2.14. The van der Waals surface area contributed by atoms with E-state index in [4.69, 9.17) is 0 Å². The zero-order valence-electron chi connectivity index (χ0n) is 14.1. The molecule has 0 spiro atoms. The van der Waals surface area contributed by atoms with Crippen LogP contribution in [0, 0.1) is 6.92 Å². The lowest BCUT2D eigenvalue weighted by Gasteiger charge is -2.16. The number of carbonyl (C=O) groups excluding carboxylic acids is 1. The zero-order valence-corrected chi connectivity index (χ0v) is 14.1. The molecule has 1 aliphatic rings. The number of hydrogen-bond donors (Lipinski definition) is 1. The molecule has 0 saturated carbocycles. The van der Waals surface area contributed by atoms with E-state index < -0.39 is 0 Å². The summed E-state index contributed by atoms with van der Waals surface area (Å²) in [4.78, 5) is 24.8. The molecule has 0 aliphatic carbocycles. The van der Waals surface area contributed by atoms with E-state index >= 15 is 0 Å². The summed E-state index contributed by atoms with van der Waals surface area (Å²) in [5.74, 6) is 0.760. The molecule has 1 aliphatic heterocycles. The number of aryl methyl sites for hydroxylation is 2. The molecule has 0 bridgehead atoms. The fourth-order valence-corrected chi connectivity index (χ4v) is 3.14. The normalized spacial score (nSPS) is 13.3. The molecule has 25 heavy (non-hydrogen) atoms. The largest absolute Gasteiger partial charge is 0.328 e. The second-order valence-electron chi connectivity index (χ2n) is 6.26. The summed E-state index contributed by atoms with van der Waals surface area (Å²) in [5, 5.41) is 2.86. The Labute approximate surface area is 146 Å². The molecular weight excluding hydrogens is 314 g/mol. The van der Waals surface area contributed by atoms with Crippen LogP contribution in [0.3, 0.4) is 0 Å². The standard InChI is InChI=1S/C19H19N5O/c1-13-10-17(22-12-21-13)19(25)23-15-7-5-14(6-8-15)18-20-11-16-4-2-3-9-24(16)18/h5-8,10-12H,2-4,9H2,1H3,(H,23,25). The summed E-state index contributed by atoms with van der Waals surface area (Å²) in [7, 11) is 0. The molecule has 6 nitrogen and oxygen atoms in total. The Kier molecular flexibility index (Phi) is 4.01. The summed E-state index contributed by atoms with van der Waals surface area (Å²) in [6, 6.07) is 9.44. The fourth-order valence-electron chi connectivity index (χ4n) is 3.14. The van der Waals surface area contributed by atoms with Gasteiger partial charge in [-0.2, -0.15) is 0 Å². The van der Waals surface area contributed by atoms with Crippen molar-refractivity contribution >= 4 is 11.6 Å². The van der Waals surface area contributed by atoms with Crippen molar-refractivity contribution in [3.8, 4) is 11.4 Å². The highest BCUT2D eigenvalue weighted by Gasteiger charge is 2.15. The van der Waals surface area contributed by atoms with Crippen molar-refractivity contribution < 1.29 is 4.79 Å². The van der Waals surface area contributed by atoms with Crippen molar-refractivity contribution in [1.82, 2.24) is 19.5 Å². The van der Waals surface area contributed by atoms with Crippen molar-refractivity contribution in [1.29, 1.82) is 0 Å². The Morgan fingerprint density at radius 2 is 1.96 bits per heavy atom. The average Bonchev–Trinajstić information content (AvgIpc) is 3.06. The van der Waals surface area contributed by atoms with Crippen LogP contribution in [0.2, 0.25) is 0 Å². The lowest BCUT2D eigenvalue weighted by molar-refractivity contribution is 0.102. The molecular formula is C19H19N5O. The minimum absolute atomic E-state index is 0.239. The van der Waals surface area contributed by atoms with E-state index in [0.717, 1.165) is 35.7 Å². The first-order valence-electron chi connectivity index (χ1n) is 8.45. The summed E-state index contributed by atoms with van der Waals surface area (Å²) in [5.41, 5.74) is 4.22. The van der Waals surface area contributed by atoms with E-state index in [-0.39, 0.29) is 5.91 Å². The van der Waals surface area contributed by atoms with Gasteiger partial charge >= 0.3 is 0 Å². The third-order valence-corrected chi connectivity index (χ3v) is 4.44. The summed E-state index contributed by atoms with van der Waals surface area (Å²) in [6.07, 6.45) is 6.90. The van der Waals surface area contributed by atoms with Crippen LogP contribution in [0.5, 0.6) is 0 Å². The van der Waals surface area contributed by atoms with E-state index in [0.29, 0.717) is 5.69 Å². The van der Waals surface area contributed by atoms with Gasteiger partial charge in [0.15, 0.2) is 0 Å². The smallest absolute Gasteiger partial charge is 0.274 e. The second-order valence-corrected chi connectivity index (χ2v) is 6.26. The maximum Gasteiger partial charge on any atom is 0.274 e. The molecule has 126 valence electrons. The van der Waals surface area contributed by atoms with Gasteiger partial charge in [-0.3, -0.25) is 4.79 Å². The minimum Gasteiger partial charge on any atom is -0.328 e. The van der Waals surface area contributed by atoms with Crippen LogP contribution in [0.25, 0.3) is 11.4 Å². The van der Waals surface area contributed by atoms with E-state index in [1.54, 1.807) is 6.07 Å². The third kappa shape index (κ3) is 3.15. The summed E-state index contributed by atoms with van der Waals surface area (Å²) >= 11 is 0. The molecule has 6 heteroatoms. The molecule has 1 aromatic carbocycles. The summed E-state index contributed by atoms with van der Waals surface area (Å²) < 4.78 is 2.29. The van der Waals surface area contributed by atoms with Crippen LogP contribution in [-0.2, 0) is 13.0 Å². The molecule has 2 aromatic heterocycles. The zero-order chi connectivity index (χ0) is 17.2. The van der Waals surface area contributed by atoms with Gasteiger partial charge < -0.3 is 9.88 Å². The Morgan fingerprint density at radius 3 is 2.76 bits per heavy atom. The van der Waals surface area contributed by atoms with Crippen molar-refractivity contribution in [3.63, 3.8) is 0 Å². The van der Waals surface area contributed by atoms with Gasteiger partial charge in [0, 0.05) is 35.4 Å². The molecule has 1 amide bonds. The molecule has 3 aromatic rings. The molecule has 4 rings (SSSR count). The number of anilines is 1. The number of nitrogens with zero attached hydrogens (tertiary/aromatic N) is 4. The number of fused-ring (bicyclic) bond motifs is 1. The number of hydrogen-bond acceptors (Lipinski definition) is 4. The van der Waals surface area contributed by atoms with Crippen molar-refractivity contribution in [3.05, 3.63) is 59.9 Å². The van der Waals surface area contributed by atoms with Crippen LogP contribution >= 0.6 is 0 Å². The topological polar surface area (TPSA) is 72.7 Å². The number of benzene rings is 1. The van der Waals surface area contributed by atoms with Crippen LogP contribution in [-0.4, -0.2) is 25.4 Å². The minimum atomic E-state index is -0.239. The van der Waals surface area contributed by atoms with Gasteiger partial charge in [0.2, 0.25) is 0 Å². The average molecular weight is 333 g/mol. The maximum absolute atomic E-state index is 12.3. The molecule has 0 fully saturated rings. The highest BCUT2D eigenvalue weighted by Crippen LogP contribution is 2.25. The van der Waals surface area contributed by atoms with Crippen LogP contribution in [0.15, 0.2) is 42.9 Å². The van der Waals surface area contributed by atoms with Gasteiger partial charge in [0.1, 0.15) is 17.8 Å². The Bertz CT molecular complexity index is 914. The molecule has 3 heterocycles. The van der Waals surface area contributed by atoms with Crippen molar-refractivity contribution in [2.45, 2.75) is 32.7 Å². The van der Waals surface area contributed by atoms with Crippen LogP contribution < -0.4 is 5.32 Å². The van der Waals surface area contributed by atoms with Gasteiger partial charge in [-0.1, -0.05) is 0 Å². The monoisotopic (exact) mass is 333 g/mol. The number of amides is 1. The number of aromatic nitrogens is 4. The number of nitrogens with one attached hydrogen (secondary N) is 1. The van der Waals surface area contributed by atoms with Crippen LogP contribution in [0.1, 0.15) is 34.7 Å². The highest BCUT2D eigenvalue weighted by molar-refractivity contribution is 6.02. The first kappa shape index (κ1) is 15.5. The predicted octanol–water partition coefficient (Wildman–Crippen LogP) is 3.24. The van der Waals surface area contributed by atoms with Gasteiger partial charge in [-0.05, 0) is 56.5 Å². The van der Waals surface area contributed by atoms with Crippen molar-refractivity contribution in [2.75, 3.05) is 5.32 Å². The molecule has 0 saturated heterocycles.